The quantitative estimate of drug-likeness (QED) is 0.506. The van der Waals surface area contributed by atoms with Crippen molar-refractivity contribution in [3.63, 3.8) is 0 Å². The molecule has 0 aliphatic heterocycles. The van der Waals surface area contributed by atoms with Crippen LogP contribution in [0.5, 0.6) is 5.75 Å². The SMILES string of the molecule is OCc1cc(I)nc(C(F)F)c1OC(F)(F)F. The zero-order valence-electron chi connectivity index (χ0n) is 7.93. The van der Waals surface area contributed by atoms with Gasteiger partial charge in [0, 0.05) is 5.56 Å². The highest BCUT2D eigenvalue weighted by Gasteiger charge is 2.35. The third kappa shape index (κ3) is 3.91. The van der Waals surface area contributed by atoms with Gasteiger partial charge in [0.15, 0.2) is 11.4 Å². The second-order valence-corrected chi connectivity index (χ2v) is 3.93. The van der Waals surface area contributed by atoms with E-state index in [-0.39, 0.29) is 3.70 Å². The molecule has 0 spiro atoms. The highest BCUT2D eigenvalue weighted by molar-refractivity contribution is 14.1. The minimum atomic E-state index is -5.12. The molecule has 1 heterocycles. The van der Waals surface area contributed by atoms with Gasteiger partial charge in [0.1, 0.15) is 3.70 Å². The molecule has 96 valence electrons. The Kier molecular flexibility index (Phi) is 4.47. The Hall–Kier alpha value is -0.710. The third-order valence-electron chi connectivity index (χ3n) is 1.64. The molecule has 0 atom stereocenters. The van der Waals surface area contributed by atoms with Crippen LogP contribution >= 0.6 is 22.6 Å². The Morgan fingerprint density at radius 1 is 1.41 bits per heavy atom. The topological polar surface area (TPSA) is 42.4 Å². The number of hydrogen-bond acceptors (Lipinski definition) is 3. The second kappa shape index (κ2) is 5.29. The van der Waals surface area contributed by atoms with Crippen molar-refractivity contribution in [3.8, 4) is 5.75 Å². The summed E-state index contributed by atoms with van der Waals surface area (Å²) in [6.07, 6.45) is -8.35. The monoisotopic (exact) mass is 369 g/mol. The zero-order chi connectivity index (χ0) is 13.2. The Balaban J connectivity index is 3.32. The maximum atomic E-state index is 12.5. The molecule has 1 aromatic heterocycles. The molecule has 0 saturated carbocycles. The molecule has 0 fully saturated rings. The van der Waals surface area contributed by atoms with E-state index in [4.69, 9.17) is 5.11 Å². The lowest BCUT2D eigenvalue weighted by molar-refractivity contribution is -0.275. The average Bonchev–Trinajstić information content (AvgIpc) is 2.17. The number of rotatable bonds is 3. The predicted molar refractivity (Wildman–Crippen MR) is 54.5 cm³/mol. The lowest BCUT2D eigenvalue weighted by Crippen LogP contribution is -2.20. The summed E-state index contributed by atoms with van der Waals surface area (Å²) in [5.74, 6) is -1.14. The van der Waals surface area contributed by atoms with Crippen molar-refractivity contribution < 1.29 is 31.8 Å². The van der Waals surface area contributed by atoms with Gasteiger partial charge < -0.3 is 9.84 Å². The van der Waals surface area contributed by atoms with Gasteiger partial charge >= 0.3 is 6.36 Å². The molecule has 0 aliphatic carbocycles. The number of pyridine rings is 1. The average molecular weight is 369 g/mol. The summed E-state index contributed by atoms with van der Waals surface area (Å²) in [6, 6.07) is 1.04. The fourth-order valence-electron chi connectivity index (χ4n) is 1.07. The molecule has 0 amide bonds. The number of hydrogen-bond donors (Lipinski definition) is 1. The molecule has 0 unspecified atom stereocenters. The van der Waals surface area contributed by atoms with Gasteiger partial charge in [-0.1, -0.05) is 0 Å². The normalized spacial score (nSPS) is 12.0. The first-order valence-electron chi connectivity index (χ1n) is 4.08. The fraction of sp³-hybridized carbons (Fsp3) is 0.375. The molecule has 0 aliphatic rings. The number of nitrogens with zero attached hydrogens (tertiary/aromatic N) is 1. The Morgan fingerprint density at radius 2 is 2.00 bits per heavy atom. The van der Waals surface area contributed by atoms with Crippen LogP contribution in [-0.4, -0.2) is 16.5 Å². The van der Waals surface area contributed by atoms with Gasteiger partial charge in [-0.15, -0.1) is 13.2 Å². The van der Waals surface area contributed by atoms with Gasteiger partial charge in [0.2, 0.25) is 0 Å². The van der Waals surface area contributed by atoms with Crippen LogP contribution in [0.25, 0.3) is 0 Å². The molecule has 1 N–H and O–H groups in total. The maximum absolute atomic E-state index is 12.5. The Bertz CT molecular complexity index is 410. The Morgan fingerprint density at radius 3 is 2.41 bits per heavy atom. The molecule has 0 radical (unpaired) electrons. The fourth-order valence-corrected chi connectivity index (χ4v) is 1.71. The largest absolute Gasteiger partial charge is 0.573 e. The summed E-state index contributed by atoms with van der Waals surface area (Å²) in [6.45, 7) is -0.857. The highest BCUT2D eigenvalue weighted by Crippen LogP contribution is 2.35. The number of halogens is 6. The van der Waals surface area contributed by atoms with Crippen LogP contribution in [0.15, 0.2) is 6.07 Å². The Labute approximate surface area is 106 Å². The first kappa shape index (κ1) is 14.4. The van der Waals surface area contributed by atoms with E-state index in [1.54, 1.807) is 22.6 Å². The van der Waals surface area contributed by atoms with Crippen LogP contribution in [0.3, 0.4) is 0 Å². The number of aliphatic hydroxyl groups is 1. The second-order valence-electron chi connectivity index (χ2n) is 2.83. The van der Waals surface area contributed by atoms with E-state index in [1.165, 1.54) is 0 Å². The summed E-state index contributed by atoms with van der Waals surface area (Å²) < 4.78 is 64.6. The molecular formula is C8H5F5INO2. The van der Waals surface area contributed by atoms with Crippen LogP contribution in [0.4, 0.5) is 22.0 Å². The van der Waals surface area contributed by atoms with Gasteiger partial charge in [-0.2, -0.15) is 0 Å². The maximum Gasteiger partial charge on any atom is 0.573 e. The van der Waals surface area contributed by atoms with E-state index in [2.05, 4.69) is 9.72 Å². The van der Waals surface area contributed by atoms with Crippen molar-refractivity contribution in [2.24, 2.45) is 0 Å². The van der Waals surface area contributed by atoms with E-state index in [0.29, 0.717) is 0 Å². The molecule has 17 heavy (non-hydrogen) atoms. The van der Waals surface area contributed by atoms with Gasteiger partial charge in [0.05, 0.1) is 6.61 Å². The van der Waals surface area contributed by atoms with Crippen LogP contribution in [-0.2, 0) is 6.61 Å². The molecule has 0 saturated heterocycles. The standard InChI is InChI=1S/C8H5F5INO2/c9-7(10)5-6(17-8(11,12)13)3(2-16)1-4(14)15-5/h1,7,16H,2H2. The molecule has 0 aromatic carbocycles. The summed E-state index contributed by atoms with van der Waals surface area (Å²) in [4.78, 5) is 3.27. The van der Waals surface area contributed by atoms with Crippen LogP contribution in [0.2, 0.25) is 0 Å². The minimum Gasteiger partial charge on any atom is -0.403 e. The van der Waals surface area contributed by atoms with Crippen LogP contribution in [0, 0.1) is 3.70 Å². The van der Waals surface area contributed by atoms with Crippen molar-refractivity contribution in [2.45, 2.75) is 19.4 Å². The molecule has 9 heteroatoms. The summed E-state index contributed by atoms with van der Waals surface area (Å²) >= 11 is 1.55. The van der Waals surface area contributed by atoms with Crippen molar-refractivity contribution in [1.82, 2.24) is 4.98 Å². The van der Waals surface area contributed by atoms with E-state index < -0.39 is 36.4 Å². The molecule has 1 aromatic rings. The van der Waals surface area contributed by atoms with Crippen molar-refractivity contribution in [1.29, 1.82) is 0 Å². The molecule has 0 bridgehead atoms. The van der Waals surface area contributed by atoms with Crippen LogP contribution in [0.1, 0.15) is 17.7 Å². The summed E-state index contributed by atoms with van der Waals surface area (Å²) in [5, 5.41) is 8.82. The van der Waals surface area contributed by atoms with Crippen molar-refractivity contribution >= 4 is 22.6 Å². The zero-order valence-corrected chi connectivity index (χ0v) is 10.1. The summed E-state index contributed by atoms with van der Waals surface area (Å²) in [5.41, 5.74) is -1.53. The first-order valence-corrected chi connectivity index (χ1v) is 5.16. The van der Waals surface area contributed by atoms with Crippen molar-refractivity contribution in [2.75, 3.05) is 0 Å². The van der Waals surface area contributed by atoms with Gasteiger partial charge in [-0.05, 0) is 28.7 Å². The van der Waals surface area contributed by atoms with E-state index >= 15 is 0 Å². The van der Waals surface area contributed by atoms with E-state index in [1.807, 2.05) is 0 Å². The van der Waals surface area contributed by atoms with Gasteiger partial charge in [0.25, 0.3) is 6.43 Å². The minimum absolute atomic E-state index is 0.0384. The lowest BCUT2D eigenvalue weighted by Gasteiger charge is -2.15. The molecular weight excluding hydrogens is 364 g/mol. The van der Waals surface area contributed by atoms with Crippen LogP contribution < -0.4 is 4.74 Å². The molecule has 3 nitrogen and oxygen atoms in total. The number of ether oxygens (including phenoxy) is 1. The first-order chi connectivity index (χ1) is 7.74. The predicted octanol–water partition coefficient (Wildman–Crippen LogP) is 3.01. The van der Waals surface area contributed by atoms with Crippen molar-refractivity contribution in [3.05, 3.63) is 21.0 Å². The van der Waals surface area contributed by atoms with E-state index in [0.717, 1.165) is 6.07 Å². The number of aromatic nitrogens is 1. The highest BCUT2D eigenvalue weighted by atomic mass is 127. The third-order valence-corrected chi connectivity index (χ3v) is 2.19. The van der Waals surface area contributed by atoms with E-state index in [9.17, 15) is 22.0 Å². The molecule has 1 rings (SSSR count). The van der Waals surface area contributed by atoms with Gasteiger partial charge in [-0.3, -0.25) is 0 Å². The number of aliphatic hydroxyl groups excluding tert-OH is 1. The smallest absolute Gasteiger partial charge is 0.403 e. The lowest BCUT2D eigenvalue weighted by atomic mass is 10.2. The number of alkyl halides is 5. The van der Waals surface area contributed by atoms with Gasteiger partial charge in [-0.25, -0.2) is 13.8 Å². The summed E-state index contributed by atoms with van der Waals surface area (Å²) in [7, 11) is 0.